The molecule has 0 spiro atoms. The van der Waals surface area contributed by atoms with Crippen LogP contribution in [0.3, 0.4) is 0 Å². The van der Waals surface area contributed by atoms with E-state index >= 15 is 0 Å². The summed E-state index contributed by atoms with van der Waals surface area (Å²) in [5.74, 6) is -0.424. The Morgan fingerprint density at radius 3 is 2.20 bits per heavy atom. The molecule has 0 radical (unpaired) electrons. The Labute approximate surface area is 249 Å². The quantitative estimate of drug-likeness (QED) is 0.226. The predicted molar refractivity (Wildman–Crippen MR) is 166 cm³/mol. The summed E-state index contributed by atoms with van der Waals surface area (Å²) in [5, 5.41) is 3.60. The fourth-order valence-corrected chi connectivity index (χ4v) is 5.82. The second-order valence-electron chi connectivity index (χ2n) is 10.2. The lowest BCUT2D eigenvalue weighted by atomic mass is 10.0. The van der Waals surface area contributed by atoms with E-state index in [1.54, 1.807) is 29.2 Å². The van der Waals surface area contributed by atoms with Crippen molar-refractivity contribution in [1.82, 2.24) is 10.2 Å². The van der Waals surface area contributed by atoms with E-state index in [0.717, 1.165) is 29.5 Å². The molecule has 1 N–H and O–H groups in total. The first-order valence-corrected chi connectivity index (χ1v) is 16.2. The molecule has 0 saturated heterocycles. The van der Waals surface area contributed by atoms with Crippen molar-refractivity contribution in [2.45, 2.75) is 58.5 Å². The number of benzene rings is 3. The number of aryl methyl sites for hydroxylation is 1. The SMILES string of the molecule is CCCCNC(=O)C(Cc1ccccc1)N(Cc1ccc(Cl)cc1)C(=O)CCCN(c1ccccc1C)S(C)(=O)=O. The first kappa shape index (κ1) is 32.2. The van der Waals surface area contributed by atoms with Gasteiger partial charge in [0, 0.05) is 37.5 Å². The van der Waals surface area contributed by atoms with Gasteiger partial charge in [-0.1, -0.05) is 85.6 Å². The van der Waals surface area contributed by atoms with Crippen LogP contribution in [0.15, 0.2) is 78.9 Å². The number of hydrogen-bond acceptors (Lipinski definition) is 4. The van der Waals surface area contributed by atoms with E-state index in [4.69, 9.17) is 11.6 Å². The summed E-state index contributed by atoms with van der Waals surface area (Å²) < 4.78 is 26.7. The largest absolute Gasteiger partial charge is 0.354 e. The maximum absolute atomic E-state index is 13.9. The topological polar surface area (TPSA) is 86.8 Å². The summed E-state index contributed by atoms with van der Waals surface area (Å²) >= 11 is 6.10. The van der Waals surface area contributed by atoms with Crippen LogP contribution in [0.25, 0.3) is 0 Å². The third-order valence-electron chi connectivity index (χ3n) is 6.90. The summed E-state index contributed by atoms with van der Waals surface area (Å²) in [5.41, 5.74) is 3.22. The maximum Gasteiger partial charge on any atom is 0.243 e. The Hall–Kier alpha value is -3.36. The summed E-state index contributed by atoms with van der Waals surface area (Å²) in [6.07, 6.45) is 3.69. The monoisotopic (exact) mass is 597 g/mol. The summed E-state index contributed by atoms with van der Waals surface area (Å²) in [6, 6.07) is 23.4. The fraction of sp³-hybridized carbons (Fsp3) is 0.375. The van der Waals surface area contributed by atoms with Gasteiger partial charge >= 0.3 is 0 Å². The molecule has 0 aliphatic heterocycles. The molecule has 0 aromatic heterocycles. The Morgan fingerprint density at radius 1 is 0.902 bits per heavy atom. The van der Waals surface area contributed by atoms with E-state index in [9.17, 15) is 18.0 Å². The first-order chi connectivity index (χ1) is 19.6. The van der Waals surface area contributed by atoms with E-state index < -0.39 is 16.1 Å². The highest BCUT2D eigenvalue weighted by Gasteiger charge is 2.30. The molecule has 0 bridgehead atoms. The lowest BCUT2D eigenvalue weighted by Crippen LogP contribution is -2.50. The normalized spacial score (nSPS) is 12.0. The number of nitrogens with zero attached hydrogens (tertiary/aromatic N) is 2. The van der Waals surface area contributed by atoms with Gasteiger partial charge in [-0.2, -0.15) is 0 Å². The van der Waals surface area contributed by atoms with Crippen LogP contribution in [0.4, 0.5) is 5.69 Å². The Kier molecular flexibility index (Phi) is 12.2. The van der Waals surface area contributed by atoms with Crippen LogP contribution in [0.5, 0.6) is 0 Å². The number of amides is 2. The van der Waals surface area contributed by atoms with Gasteiger partial charge < -0.3 is 10.2 Å². The van der Waals surface area contributed by atoms with Gasteiger partial charge in [-0.25, -0.2) is 8.42 Å². The van der Waals surface area contributed by atoms with Crippen molar-refractivity contribution < 1.29 is 18.0 Å². The number of nitrogens with one attached hydrogen (secondary N) is 1. The van der Waals surface area contributed by atoms with Gasteiger partial charge in [0.25, 0.3) is 0 Å². The molecule has 0 aliphatic rings. The van der Waals surface area contributed by atoms with E-state index in [1.807, 2.05) is 61.5 Å². The van der Waals surface area contributed by atoms with Crippen LogP contribution < -0.4 is 9.62 Å². The number of para-hydroxylation sites is 1. The van der Waals surface area contributed by atoms with Gasteiger partial charge in [-0.05, 0) is 54.7 Å². The molecule has 1 atom stereocenters. The van der Waals surface area contributed by atoms with Crippen molar-refractivity contribution in [3.8, 4) is 0 Å². The number of carbonyl (C=O) groups is 2. The molecule has 3 aromatic carbocycles. The maximum atomic E-state index is 13.9. The minimum Gasteiger partial charge on any atom is -0.354 e. The second kappa shape index (κ2) is 15.6. The highest BCUT2D eigenvalue weighted by atomic mass is 35.5. The Balaban J connectivity index is 1.87. The van der Waals surface area contributed by atoms with Gasteiger partial charge in [-0.3, -0.25) is 13.9 Å². The highest BCUT2D eigenvalue weighted by Crippen LogP contribution is 2.23. The van der Waals surface area contributed by atoms with Crippen molar-refractivity contribution in [3.63, 3.8) is 0 Å². The second-order valence-corrected chi connectivity index (χ2v) is 12.6. The number of carbonyl (C=O) groups excluding carboxylic acids is 2. The summed E-state index contributed by atoms with van der Waals surface area (Å²) in [6.45, 7) is 4.82. The third kappa shape index (κ3) is 9.90. The number of anilines is 1. The third-order valence-corrected chi connectivity index (χ3v) is 8.34. The zero-order valence-corrected chi connectivity index (χ0v) is 25.6. The van der Waals surface area contributed by atoms with Crippen molar-refractivity contribution in [3.05, 3.63) is 101 Å². The van der Waals surface area contributed by atoms with Gasteiger partial charge in [0.05, 0.1) is 11.9 Å². The van der Waals surface area contributed by atoms with Gasteiger partial charge in [-0.15, -0.1) is 0 Å². The first-order valence-electron chi connectivity index (χ1n) is 14.0. The van der Waals surface area contributed by atoms with Crippen LogP contribution in [-0.4, -0.2) is 50.5 Å². The molecule has 9 heteroatoms. The van der Waals surface area contributed by atoms with Crippen molar-refractivity contribution >= 4 is 39.1 Å². The highest BCUT2D eigenvalue weighted by molar-refractivity contribution is 7.92. The lowest BCUT2D eigenvalue weighted by molar-refractivity contribution is -0.141. The smallest absolute Gasteiger partial charge is 0.243 e. The molecule has 3 rings (SSSR count). The van der Waals surface area contributed by atoms with Gasteiger partial charge in [0.1, 0.15) is 6.04 Å². The van der Waals surface area contributed by atoms with E-state index in [1.165, 1.54) is 10.6 Å². The van der Waals surface area contributed by atoms with Crippen molar-refractivity contribution in [2.75, 3.05) is 23.7 Å². The molecule has 0 fully saturated rings. The minimum absolute atomic E-state index is 0.0824. The van der Waals surface area contributed by atoms with Crippen LogP contribution in [0.1, 0.15) is 49.3 Å². The van der Waals surface area contributed by atoms with Crippen LogP contribution in [-0.2, 0) is 32.6 Å². The lowest BCUT2D eigenvalue weighted by Gasteiger charge is -2.32. The van der Waals surface area contributed by atoms with Crippen LogP contribution in [0.2, 0.25) is 5.02 Å². The zero-order valence-electron chi connectivity index (χ0n) is 24.1. The molecular formula is C32H40ClN3O4S. The minimum atomic E-state index is -3.56. The van der Waals surface area contributed by atoms with Gasteiger partial charge in [0.15, 0.2) is 0 Å². The van der Waals surface area contributed by atoms with Crippen LogP contribution >= 0.6 is 11.6 Å². The molecule has 0 heterocycles. The zero-order chi connectivity index (χ0) is 29.8. The molecule has 0 aliphatic carbocycles. The average Bonchev–Trinajstić information content (AvgIpc) is 2.94. The van der Waals surface area contributed by atoms with Crippen LogP contribution in [0, 0.1) is 6.92 Å². The number of unbranched alkanes of at least 4 members (excludes halogenated alkanes) is 1. The number of rotatable bonds is 15. The molecule has 0 saturated carbocycles. The van der Waals surface area contributed by atoms with E-state index in [-0.39, 0.29) is 31.3 Å². The number of sulfonamides is 1. The van der Waals surface area contributed by atoms with E-state index in [2.05, 4.69) is 12.2 Å². The fourth-order valence-electron chi connectivity index (χ4n) is 4.67. The molecular weight excluding hydrogens is 558 g/mol. The molecule has 41 heavy (non-hydrogen) atoms. The molecule has 220 valence electrons. The molecule has 2 amide bonds. The summed E-state index contributed by atoms with van der Waals surface area (Å²) in [4.78, 5) is 29.0. The van der Waals surface area contributed by atoms with Crippen molar-refractivity contribution in [1.29, 1.82) is 0 Å². The predicted octanol–water partition coefficient (Wildman–Crippen LogP) is 5.75. The summed E-state index contributed by atoms with van der Waals surface area (Å²) in [7, 11) is -3.56. The molecule has 7 nitrogen and oxygen atoms in total. The van der Waals surface area contributed by atoms with Gasteiger partial charge in [0.2, 0.25) is 21.8 Å². The van der Waals surface area contributed by atoms with E-state index in [0.29, 0.717) is 30.1 Å². The standard InChI is InChI=1S/C32H40ClN3O4S/c1-4-5-21-34-32(38)30(23-26-13-7-6-8-14-26)35(24-27-17-19-28(33)20-18-27)31(37)16-11-22-36(41(3,39)40)29-15-10-9-12-25(29)2/h6-10,12-15,17-20,30H,4-5,11,16,21-24H2,1-3H3,(H,34,38). The van der Waals surface area contributed by atoms with Crippen molar-refractivity contribution in [2.24, 2.45) is 0 Å². The molecule has 3 aromatic rings. The molecule has 1 unspecified atom stereocenters. The Bertz CT molecular complexity index is 1380. The Morgan fingerprint density at radius 2 is 1.56 bits per heavy atom. The average molecular weight is 598 g/mol. The number of hydrogen-bond donors (Lipinski definition) is 1. The number of halogens is 1.